The second-order valence-electron chi connectivity index (χ2n) is 7.75. The van der Waals surface area contributed by atoms with Crippen molar-refractivity contribution in [1.82, 2.24) is 3.97 Å². The molecule has 33 heavy (non-hydrogen) atoms. The van der Waals surface area contributed by atoms with Crippen LogP contribution in [-0.4, -0.2) is 29.2 Å². The molecule has 0 bridgehead atoms. The fourth-order valence-electron chi connectivity index (χ4n) is 3.20. The molecule has 0 saturated heterocycles. The summed E-state index contributed by atoms with van der Waals surface area (Å²) < 4.78 is 26.7. The summed E-state index contributed by atoms with van der Waals surface area (Å²) in [6.07, 6.45) is 5.81. The number of hydrogen-bond acceptors (Lipinski definition) is 3. The second-order valence-corrected chi connectivity index (χ2v) is 10.1. The Morgan fingerprint density at radius 2 is 1.76 bits per heavy atom. The average Bonchev–Trinajstić information content (AvgIpc) is 3.22. The van der Waals surface area contributed by atoms with Gasteiger partial charge in [-0.3, -0.25) is 4.79 Å². The van der Waals surface area contributed by atoms with Crippen LogP contribution in [0.2, 0.25) is 5.02 Å². The van der Waals surface area contributed by atoms with Gasteiger partial charge in [-0.2, -0.15) is 0 Å². The van der Waals surface area contributed by atoms with E-state index in [-0.39, 0.29) is 11.7 Å². The number of rotatable bonds is 6. The Labute approximate surface area is 199 Å². The highest BCUT2D eigenvalue weighted by Gasteiger charge is 2.14. The molecule has 5 nitrogen and oxygen atoms in total. The van der Waals surface area contributed by atoms with Gasteiger partial charge in [-0.05, 0) is 53.1 Å². The summed E-state index contributed by atoms with van der Waals surface area (Å²) in [6.45, 7) is 3.56. The molecule has 0 aliphatic heterocycles. The van der Waals surface area contributed by atoms with Crippen LogP contribution in [-0.2, 0) is 14.8 Å². The highest BCUT2D eigenvalue weighted by Crippen LogP contribution is 2.22. The van der Waals surface area contributed by atoms with Crippen LogP contribution >= 0.6 is 11.6 Å². The van der Waals surface area contributed by atoms with Crippen molar-refractivity contribution in [3.8, 4) is 0 Å². The van der Waals surface area contributed by atoms with E-state index in [1.54, 1.807) is 43.5 Å². The van der Waals surface area contributed by atoms with Gasteiger partial charge < -0.3 is 5.11 Å². The van der Waals surface area contributed by atoms with Crippen molar-refractivity contribution in [2.75, 3.05) is 5.75 Å². The average molecular weight is 484 g/mol. The highest BCUT2D eigenvalue weighted by molar-refractivity contribution is 7.90. The van der Waals surface area contributed by atoms with Gasteiger partial charge in [0.1, 0.15) is 0 Å². The van der Waals surface area contributed by atoms with E-state index >= 15 is 0 Å². The standard InChI is InChI=1S/C21H16ClNO2S.C5H10O2/c22-20-9-10-21-19(15-20)11-12-23(21)26(24,25)13-3-4-16-7-8-17-5-1-2-6-18(17)14-16;1-3-4(2)5(6)7/h1-12,14-15H,13H2;4H,3H2,1-2H3,(H,6,7). The Bertz CT molecular complexity index is 1410. The van der Waals surface area contributed by atoms with Crippen LogP contribution in [0.5, 0.6) is 0 Å². The quantitative estimate of drug-likeness (QED) is 0.341. The third-order valence-electron chi connectivity index (χ3n) is 5.34. The Hall–Kier alpha value is -3.09. The van der Waals surface area contributed by atoms with Gasteiger partial charge in [0.05, 0.1) is 17.2 Å². The van der Waals surface area contributed by atoms with E-state index in [2.05, 4.69) is 6.07 Å². The molecule has 1 atom stereocenters. The maximum Gasteiger partial charge on any atom is 0.306 e. The number of carboxylic acid groups (broad SMARTS) is 1. The molecule has 0 spiro atoms. The van der Waals surface area contributed by atoms with Gasteiger partial charge in [-0.1, -0.05) is 74.0 Å². The van der Waals surface area contributed by atoms with Crippen molar-refractivity contribution < 1.29 is 18.3 Å². The van der Waals surface area contributed by atoms with E-state index in [1.165, 1.54) is 3.97 Å². The predicted octanol–water partition coefficient (Wildman–Crippen LogP) is 6.46. The first-order chi connectivity index (χ1) is 15.7. The monoisotopic (exact) mass is 483 g/mol. The fraction of sp³-hybridized carbons (Fsp3) is 0.192. The lowest BCUT2D eigenvalue weighted by molar-refractivity contribution is -0.141. The molecule has 172 valence electrons. The molecule has 1 heterocycles. The molecule has 4 aromatic rings. The minimum Gasteiger partial charge on any atom is -0.481 e. The van der Waals surface area contributed by atoms with Crippen molar-refractivity contribution in [3.05, 3.63) is 89.6 Å². The summed E-state index contributed by atoms with van der Waals surface area (Å²) in [5.41, 5.74) is 1.61. The summed E-state index contributed by atoms with van der Waals surface area (Å²) >= 11 is 5.97. The van der Waals surface area contributed by atoms with Crippen molar-refractivity contribution >= 4 is 55.3 Å². The molecule has 1 unspecified atom stereocenters. The normalized spacial score (nSPS) is 12.6. The number of aliphatic carboxylic acids is 1. The number of carboxylic acids is 1. The number of fused-ring (bicyclic) bond motifs is 2. The van der Waals surface area contributed by atoms with E-state index in [0.717, 1.165) is 28.1 Å². The largest absolute Gasteiger partial charge is 0.481 e. The molecule has 0 fully saturated rings. The zero-order valence-electron chi connectivity index (χ0n) is 18.5. The molecular formula is C26H26ClNO4S. The summed E-state index contributed by atoms with van der Waals surface area (Å²) in [5.74, 6) is -0.964. The fourth-order valence-corrected chi connectivity index (χ4v) is 4.60. The van der Waals surface area contributed by atoms with Gasteiger partial charge in [0, 0.05) is 16.6 Å². The van der Waals surface area contributed by atoms with Crippen LogP contribution in [0.25, 0.3) is 27.8 Å². The van der Waals surface area contributed by atoms with Crippen molar-refractivity contribution in [2.45, 2.75) is 20.3 Å². The van der Waals surface area contributed by atoms with Gasteiger partial charge in [0.2, 0.25) is 10.0 Å². The number of benzene rings is 3. The lowest BCUT2D eigenvalue weighted by Crippen LogP contribution is -2.14. The summed E-state index contributed by atoms with van der Waals surface area (Å²) in [4.78, 5) is 9.93. The predicted molar refractivity (Wildman–Crippen MR) is 136 cm³/mol. The zero-order valence-corrected chi connectivity index (χ0v) is 20.1. The van der Waals surface area contributed by atoms with E-state index < -0.39 is 16.0 Å². The third kappa shape index (κ3) is 6.24. The van der Waals surface area contributed by atoms with Crippen LogP contribution in [0.3, 0.4) is 0 Å². The number of nitrogens with zero attached hydrogens (tertiary/aromatic N) is 1. The Balaban J connectivity index is 0.000000383. The molecular weight excluding hydrogens is 458 g/mol. The zero-order chi connectivity index (χ0) is 24.0. The first-order valence-corrected chi connectivity index (χ1v) is 12.6. The molecule has 3 aromatic carbocycles. The van der Waals surface area contributed by atoms with Crippen LogP contribution in [0.1, 0.15) is 25.8 Å². The number of hydrogen-bond donors (Lipinski definition) is 1. The molecule has 0 saturated carbocycles. The van der Waals surface area contributed by atoms with Crippen molar-refractivity contribution in [2.24, 2.45) is 5.92 Å². The molecule has 0 aliphatic rings. The lowest BCUT2D eigenvalue weighted by atomic mass is 10.1. The first-order valence-electron chi connectivity index (χ1n) is 10.6. The minimum absolute atomic E-state index is 0.0771. The number of carbonyl (C=O) groups is 1. The van der Waals surface area contributed by atoms with Crippen LogP contribution < -0.4 is 0 Å². The minimum atomic E-state index is -3.48. The second kappa shape index (κ2) is 10.7. The Morgan fingerprint density at radius 1 is 1.03 bits per heavy atom. The van der Waals surface area contributed by atoms with Crippen molar-refractivity contribution in [1.29, 1.82) is 0 Å². The molecule has 0 radical (unpaired) electrons. The molecule has 0 amide bonds. The maximum absolute atomic E-state index is 12.7. The lowest BCUT2D eigenvalue weighted by Gasteiger charge is -2.05. The first kappa shape index (κ1) is 24.6. The van der Waals surface area contributed by atoms with E-state index in [4.69, 9.17) is 16.7 Å². The third-order valence-corrected chi connectivity index (χ3v) is 7.11. The van der Waals surface area contributed by atoms with Gasteiger partial charge in [-0.15, -0.1) is 0 Å². The smallest absolute Gasteiger partial charge is 0.306 e. The summed E-state index contributed by atoms with van der Waals surface area (Å²) in [7, 11) is -3.48. The SMILES string of the molecule is CCC(C)C(=O)O.O=S(=O)(CC=Cc1ccc2ccccc2c1)n1ccc2cc(Cl)ccc21. The number of aromatic nitrogens is 1. The molecule has 1 N–H and O–H groups in total. The molecule has 0 aliphatic carbocycles. The molecule has 7 heteroatoms. The van der Waals surface area contributed by atoms with Gasteiger partial charge in [-0.25, -0.2) is 12.4 Å². The molecule has 4 rings (SSSR count). The Kier molecular flexibility index (Phi) is 7.95. The van der Waals surface area contributed by atoms with E-state index in [9.17, 15) is 13.2 Å². The topological polar surface area (TPSA) is 76.4 Å². The summed E-state index contributed by atoms with van der Waals surface area (Å²) in [5, 5.41) is 11.9. The Morgan fingerprint density at radius 3 is 2.42 bits per heavy atom. The number of halogens is 1. The van der Waals surface area contributed by atoms with Gasteiger partial charge >= 0.3 is 5.97 Å². The molecule has 1 aromatic heterocycles. The van der Waals surface area contributed by atoms with Crippen LogP contribution in [0, 0.1) is 5.92 Å². The van der Waals surface area contributed by atoms with Gasteiger partial charge in [0.25, 0.3) is 0 Å². The van der Waals surface area contributed by atoms with E-state index in [1.807, 2.05) is 49.4 Å². The van der Waals surface area contributed by atoms with Gasteiger partial charge in [0.15, 0.2) is 0 Å². The van der Waals surface area contributed by atoms with E-state index in [0.29, 0.717) is 10.5 Å². The highest BCUT2D eigenvalue weighted by atomic mass is 35.5. The van der Waals surface area contributed by atoms with Crippen LogP contribution in [0.15, 0.2) is 79.0 Å². The van der Waals surface area contributed by atoms with Crippen LogP contribution in [0.4, 0.5) is 0 Å². The maximum atomic E-state index is 12.7. The summed E-state index contributed by atoms with van der Waals surface area (Å²) in [6, 6.07) is 21.1. The van der Waals surface area contributed by atoms with Crippen molar-refractivity contribution in [3.63, 3.8) is 0 Å².